The van der Waals surface area contributed by atoms with Gasteiger partial charge in [0.15, 0.2) is 0 Å². The van der Waals surface area contributed by atoms with E-state index < -0.39 is 5.44 Å². The van der Waals surface area contributed by atoms with Gasteiger partial charge in [-0.15, -0.1) is 0 Å². The Bertz CT molecular complexity index is 438. The van der Waals surface area contributed by atoms with Crippen molar-refractivity contribution < 1.29 is 18.3 Å². The van der Waals surface area contributed by atoms with Crippen molar-refractivity contribution in [1.82, 2.24) is 0 Å². The summed E-state index contributed by atoms with van der Waals surface area (Å²) in [5.74, 6) is 0.565. The normalized spacial score (nSPS) is 18.4. The van der Waals surface area contributed by atoms with E-state index in [1.807, 2.05) is 6.92 Å². The predicted octanol–water partition coefficient (Wildman–Crippen LogP) is 2.62. The van der Waals surface area contributed by atoms with Crippen molar-refractivity contribution in [2.24, 2.45) is 5.73 Å². The zero-order chi connectivity index (χ0) is 12.6. The van der Waals surface area contributed by atoms with Crippen LogP contribution >= 0.6 is 11.8 Å². The Morgan fingerprint density at radius 1 is 1.53 bits per heavy atom. The van der Waals surface area contributed by atoms with E-state index in [1.54, 1.807) is 12.1 Å². The van der Waals surface area contributed by atoms with Gasteiger partial charge in [0, 0.05) is 17.8 Å². The van der Waals surface area contributed by atoms with Gasteiger partial charge >= 0.3 is 5.44 Å². The second kappa shape index (κ2) is 4.34. The molecular weight excluding hydrogens is 248 g/mol. The molecule has 2 N–H and O–H groups in total. The van der Waals surface area contributed by atoms with E-state index in [0.29, 0.717) is 28.8 Å². The number of ether oxygens (including phenoxy) is 2. The number of hydrogen-bond donors (Lipinski definition) is 1. The number of hydrogen-bond acceptors (Lipinski definition) is 4. The van der Waals surface area contributed by atoms with Crippen LogP contribution in [-0.4, -0.2) is 18.6 Å². The molecule has 6 heteroatoms. The van der Waals surface area contributed by atoms with Crippen LogP contribution in [0.2, 0.25) is 0 Å². The summed E-state index contributed by atoms with van der Waals surface area (Å²) in [5, 5.41) is 0. The van der Waals surface area contributed by atoms with Gasteiger partial charge < -0.3 is 15.2 Å². The third-order valence-electron chi connectivity index (χ3n) is 2.31. The van der Waals surface area contributed by atoms with Gasteiger partial charge in [0.2, 0.25) is 0 Å². The van der Waals surface area contributed by atoms with E-state index in [0.717, 1.165) is 5.56 Å². The molecule has 1 unspecified atom stereocenters. The molecule has 0 radical (unpaired) electrons. The van der Waals surface area contributed by atoms with Crippen molar-refractivity contribution in [3.8, 4) is 11.5 Å². The fraction of sp³-hybridized carbons (Fsp3) is 0.455. The van der Waals surface area contributed by atoms with Crippen LogP contribution in [0.25, 0.3) is 0 Å². The van der Waals surface area contributed by atoms with E-state index in [-0.39, 0.29) is 11.8 Å². The minimum Gasteiger partial charge on any atom is -0.495 e. The second-order valence-electron chi connectivity index (χ2n) is 3.97. The SMILES string of the molecule is COc1cc(CC(C)N)cc2c1SC(F)(F)O2. The molecule has 0 spiro atoms. The van der Waals surface area contributed by atoms with Gasteiger partial charge in [0.1, 0.15) is 16.4 Å². The number of methoxy groups -OCH3 is 1. The van der Waals surface area contributed by atoms with Crippen LogP contribution in [-0.2, 0) is 6.42 Å². The van der Waals surface area contributed by atoms with Crippen LogP contribution in [0.4, 0.5) is 8.78 Å². The number of rotatable bonds is 3. The molecule has 1 aliphatic rings. The van der Waals surface area contributed by atoms with Crippen molar-refractivity contribution in [2.45, 2.75) is 29.7 Å². The topological polar surface area (TPSA) is 44.5 Å². The summed E-state index contributed by atoms with van der Waals surface area (Å²) < 4.78 is 35.9. The quantitative estimate of drug-likeness (QED) is 0.908. The zero-order valence-electron chi connectivity index (χ0n) is 9.50. The summed E-state index contributed by atoms with van der Waals surface area (Å²) in [6.07, 6.45) is 0.587. The van der Waals surface area contributed by atoms with Crippen molar-refractivity contribution >= 4 is 11.8 Å². The zero-order valence-corrected chi connectivity index (χ0v) is 10.3. The Hall–Kier alpha value is -1.01. The Labute approximate surface area is 102 Å². The van der Waals surface area contributed by atoms with Gasteiger partial charge in [-0.3, -0.25) is 0 Å². The predicted molar refractivity (Wildman–Crippen MR) is 61.8 cm³/mol. The molecule has 0 aliphatic carbocycles. The Balaban J connectivity index is 2.38. The van der Waals surface area contributed by atoms with E-state index >= 15 is 0 Å². The third-order valence-corrected chi connectivity index (χ3v) is 3.24. The molecule has 2 rings (SSSR count). The first-order valence-corrected chi connectivity index (χ1v) is 5.95. The van der Waals surface area contributed by atoms with Gasteiger partial charge in [-0.25, -0.2) is 0 Å². The van der Waals surface area contributed by atoms with Gasteiger partial charge in [-0.1, -0.05) is 0 Å². The molecule has 94 valence electrons. The molecule has 1 aliphatic heterocycles. The summed E-state index contributed by atoms with van der Waals surface area (Å²) in [5.41, 5.74) is 3.29. The van der Waals surface area contributed by atoms with E-state index in [2.05, 4.69) is 4.74 Å². The molecule has 1 aromatic carbocycles. The number of nitrogens with two attached hydrogens (primary N) is 1. The maximum atomic E-state index is 13.1. The molecule has 1 heterocycles. The fourth-order valence-electron chi connectivity index (χ4n) is 1.72. The van der Waals surface area contributed by atoms with Gasteiger partial charge in [0.25, 0.3) is 0 Å². The van der Waals surface area contributed by atoms with E-state index in [4.69, 9.17) is 10.5 Å². The number of halogens is 2. The maximum Gasteiger partial charge on any atom is 0.457 e. The van der Waals surface area contributed by atoms with Crippen LogP contribution < -0.4 is 15.2 Å². The molecular formula is C11H13F2NO2S. The number of alkyl halides is 2. The summed E-state index contributed by atoms with van der Waals surface area (Å²) in [7, 11) is 1.45. The lowest BCUT2D eigenvalue weighted by molar-refractivity contribution is -0.0822. The highest BCUT2D eigenvalue weighted by Crippen LogP contribution is 2.53. The Morgan fingerprint density at radius 3 is 2.82 bits per heavy atom. The van der Waals surface area contributed by atoms with Crippen LogP contribution in [0, 0.1) is 0 Å². The highest BCUT2D eigenvalue weighted by atomic mass is 32.2. The summed E-state index contributed by atoms with van der Waals surface area (Å²) >= 11 is 0.360. The average Bonchev–Trinajstić information content (AvgIpc) is 2.49. The first kappa shape index (κ1) is 12.4. The van der Waals surface area contributed by atoms with Crippen molar-refractivity contribution in [2.75, 3.05) is 7.11 Å². The first-order chi connectivity index (χ1) is 7.91. The molecule has 0 amide bonds. The van der Waals surface area contributed by atoms with Gasteiger partial charge in [-0.05, 0) is 31.0 Å². The Morgan fingerprint density at radius 2 is 2.24 bits per heavy atom. The smallest absolute Gasteiger partial charge is 0.457 e. The second-order valence-corrected chi connectivity index (χ2v) is 5.06. The summed E-state index contributed by atoms with van der Waals surface area (Å²) in [6.45, 7) is 1.85. The lowest BCUT2D eigenvalue weighted by Gasteiger charge is -2.10. The van der Waals surface area contributed by atoms with Gasteiger partial charge in [-0.2, -0.15) is 8.78 Å². The largest absolute Gasteiger partial charge is 0.495 e. The van der Waals surface area contributed by atoms with Crippen LogP contribution in [0.1, 0.15) is 12.5 Å². The first-order valence-electron chi connectivity index (χ1n) is 5.13. The minimum absolute atomic E-state index is 0.0488. The number of fused-ring (bicyclic) bond motifs is 1. The van der Waals surface area contributed by atoms with Crippen molar-refractivity contribution in [1.29, 1.82) is 0 Å². The van der Waals surface area contributed by atoms with E-state index in [9.17, 15) is 8.78 Å². The highest BCUT2D eigenvalue weighted by molar-refractivity contribution is 8.00. The number of benzene rings is 1. The maximum absolute atomic E-state index is 13.1. The monoisotopic (exact) mass is 261 g/mol. The van der Waals surface area contributed by atoms with Gasteiger partial charge in [0.05, 0.1) is 7.11 Å². The summed E-state index contributed by atoms with van der Waals surface area (Å²) in [4.78, 5) is 0.339. The Kier molecular flexibility index (Phi) is 3.18. The molecule has 17 heavy (non-hydrogen) atoms. The lowest BCUT2D eigenvalue weighted by Crippen LogP contribution is -2.18. The molecule has 0 saturated carbocycles. The van der Waals surface area contributed by atoms with E-state index in [1.165, 1.54) is 7.11 Å². The standard InChI is InChI=1S/C11H13F2NO2S/c1-6(14)3-7-4-8(15-2)10-9(5-7)16-11(12,13)17-10/h4-6H,3,14H2,1-2H3. The fourth-order valence-corrected chi connectivity index (χ4v) is 2.53. The molecule has 0 fully saturated rings. The van der Waals surface area contributed by atoms with Crippen LogP contribution in [0.3, 0.4) is 0 Å². The van der Waals surface area contributed by atoms with Crippen LogP contribution in [0.15, 0.2) is 17.0 Å². The molecule has 0 saturated heterocycles. The molecule has 0 bridgehead atoms. The lowest BCUT2D eigenvalue weighted by atomic mass is 10.1. The summed E-state index contributed by atoms with van der Waals surface area (Å²) in [6, 6.07) is 3.27. The molecule has 0 aromatic heterocycles. The molecule has 3 nitrogen and oxygen atoms in total. The van der Waals surface area contributed by atoms with Crippen molar-refractivity contribution in [3.63, 3.8) is 0 Å². The number of thioether (sulfide) groups is 1. The average molecular weight is 261 g/mol. The molecule has 1 atom stereocenters. The third kappa shape index (κ3) is 2.63. The van der Waals surface area contributed by atoms with Crippen LogP contribution in [0.5, 0.6) is 11.5 Å². The van der Waals surface area contributed by atoms with Crippen molar-refractivity contribution in [3.05, 3.63) is 17.7 Å². The highest BCUT2D eigenvalue weighted by Gasteiger charge is 2.43. The molecule has 1 aromatic rings. The minimum atomic E-state index is -3.22.